The number of hydrogen-bond donors (Lipinski definition) is 4. The molecule has 0 saturated carbocycles. The van der Waals surface area contributed by atoms with Crippen molar-refractivity contribution >= 4 is 23.8 Å². The zero-order chi connectivity index (χ0) is 11.3. The van der Waals surface area contributed by atoms with Crippen LogP contribution in [0.1, 0.15) is 19.3 Å². The van der Waals surface area contributed by atoms with E-state index in [-0.39, 0.29) is 11.2 Å². The summed E-state index contributed by atoms with van der Waals surface area (Å²) >= 11 is 3.63. The van der Waals surface area contributed by atoms with Crippen LogP contribution in [0.3, 0.4) is 0 Å². The van der Waals surface area contributed by atoms with Gasteiger partial charge in [0.2, 0.25) is 0 Å². The molecule has 6 heteroatoms. The molecule has 1 amide bonds. The van der Waals surface area contributed by atoms with Crippen LogP contribution >= 0.6 is 12.6 Å². The lowest BCUT2D eigenvalue weighted by molar-refractivity contribution is 0.246. The summed E-state index contributed by atoms with van der Waals surface area (Å²) in [6.07, 6.45) is 3.07. The highest BCUT2D eigenvalue weighted by molar-refractivity contribution is 7.96. The Morgan fingerprint density at radius 1 is 1.53 bits per heavy atom. The van der Waals surface area contributed by atoms with E-state index in [2.05, 4.69) is 17.9 Å². The van der Waals surface area contributed by atoms with Gasteiger partial charge in [-0.1, -0.05) is 12.6 Å². The molecule has 1 rings (SSSR count). The van der Waals surface area contributed by atoms with E-state index in [9.17, 15) is 4.79 Å². The number of nitrogens with two attached hydrogens (primary N) is 1. The van der Waals surface area contributed by atoms with E-state index in [1.54, 1.807) is 0 Å². The van der Waals surface area contributed by atoms with E-state index < -0.39 is 0 Å². The molecule has 1 heterocycles. The van der Waals surface area contributed by atoms with Crippen LogP contribution in [-0.2, 0) is 0 Å². The largest absolute Gasteiger partial charge is 0.370 e. The monoisotopic (exact) mass is 230 g/mol. The maximum atomic E-state index is 10.5. The predicted octanol–water partition coefficient (Wildman–Crippen LogP) is 0.621. The molecule has 0 aromatic heterocycles. The quantitative estimate of drug-likeness (QED) is 0.326. The van der Waals surface area contributed by atoms with Gasteiger partial charge in [0.25, 0.3) is 5.24 Å². The van der Waals surface area contributed by atoms with E-state index in [1.807, 2.05) is 4.90 Å². The molecule has 4 N–H and O–H groups in total. The molecule has 1 aliphatic rings. The molecular formula is C9H18N4OS. The number of rotatable bonds is 3. The molecule has 0 unspecified atom stereocenters. The van der Waals surface area contributed by atoms with Crippen LogP contribution in [0.5, 0.6) is 0 Å². The first kappa shape index (κ1) is 12.2. The molecule has 15 heavy (non-hydrogen) atoms. The van der Waals surface area contributed by atoms with Crippen molar-refractivity contribution in [1.82, 2.24) is 10.2 Å². The number of hydrogen-bond acceptors (Lipinski definition) is 2. The summed E-state index contributed by atoms with van der Waals surface area (Å²) in [6.45, 7) is 2.40. The number of nitrogens with zero attached hydrogens (tertiary/aromatic N) is 1. The van der Waals surface area contributed by atoms with Crippen molar-refractivity contribution in [3.8, 4) is 0 Å². The van der Waals surface area contributed by atoms with Crippen molar-refractivity contribution in [3.63, 3.8) is 0 Å². The molecule has 1 aliphatic heterocycles. The molecule has 1 saturated heterocycles. The second-order valence-electron chi connectivity index (χ2n) is 3.84. The SMILES string of the molecule is N=C(N)N1CCC(CCNC(=O)S)CC1. The van der Waals surface area contributed by atoms with E-state index in [1.165, 1.54) is 0 Å². The maximum Gasteiger partial charge on any atom is 0.275 e. The topological polar surface area (TPSA) is 82.2 Å². The molecule has 0 bridgehead atoms. The number of carbonyl (C=O) groups excluding carboxylic acids is 1. The van der Waals surface area contributed by atoms with Gasteiger partial charge in [-0.3, -0.25) is 10.2 Å². The lowest BCUT2D eigenvalue weighted by Crippen LogP contribution is -2.42. The predicted molar refractivity (Wildman–Crippen MR) is 63.2 cm³/mol. The zero-order valence-corrected chi connectivity index (χ0v) is 9.59. The molecule has 0 aromatic rings. The smallest absolute Gasteiger partial charge is 0.275 e. The fourth-order valence-corrected chi connectivity index (χ4v) is 1.96. The van der Waals surface area contributed by atoms with Gasteiger partial charge in [0.1, 0.15) is 0 Å². The van der Waals surface area contributed by atoms with Crippen molar-refractivity contribution < 1.29 is 4.79 Å². The minimum Gasteiger partial charge on any atom is -0.370 e. The third-order valence-corrected chi connectivity index (χ3v) is 2.94. The van der Waals surface area contributed by atoms with E-state index in [0.717, 1.165) is 32.4 Å². The summed E-state index contributed by atoms with van der Waals surface area (Å²) in [5.41, 5.74) is 5.39. The summed E-state index contributed by atoms with van der Waals surface area (Å²) in [5.74, 6) is 0.790. The van der Waals surface area contributed by atoms with Gasteiger partial charge in [-0.05, 0) is 25.2 Å². The summed E-state index contributed by atoms with van der Waals surface area (Å²) in [7, 11) is 0. The fourth-order valence-electron chi connectivity index (χ4n) is 1.85. The molecule has 1 fully saturated rings. The van der Waals surface area contributed by atoms with E-state index in [4.69, 9.17) is 11.1 Å². The Morgan fingerprint density at radius 2 is 2.13 bits per heavy atom. The molecule has 0 radical (unpaired) electrons. The second kappa shape index (κ2) is 5.85. The average molecular weight is 230 g/mol. The third kappa shape index (κ3) is 4.42. The van der Waals surface area contributed by atoms with Gasteiger partial charge in [0.05, 0.1) is 0 Å². The summed E-state index contributed by atoms with van der Waals surface area (Å²) in [5, 5.41) is 9.69. The van der Waals surface area contributed by atoms with Gasteiger partial charge in [-0.25, -0.2) is 0 Å². The number of thiol groups is 1. The number of guanidine groups is 1. The van der Waals surface area contributed by atoms with Crippen LogP contribution < -0.4 is 11.1 Å². The highest BCUT2D eigenvalue weighted by atomic mass is 32.1. The Labute approximate surface area is 95.3 Å². The summed E-state index contributed by atoms with van der Waals surface area (Å²) < 4.78 is 0. The van der Waals surface area contributed by atoms with Gasteiger partial charge in [0.15, 0.2) is 5.96 Å². The molecule has 0 atom stereocenters. The molecule has 86 valence electrons. The van der Waals surface area contributed by atoms with Crippen LogP contribution in [-0.4, -0.2) is 35.7 Å². The Kier molecular flexibility index (Phi) is 4.74. The number of amides is 1. The Hall–Kier alpha value is -0.910. The standard InChI is InChI=1S/C9H18N4OS/c10-8(11)13-5-2-7(3-6-13)1-4-12-9(14)15/h7H,1-6H2,(H3,10,11)(H2,12,14,15). The number of piperidine rings is 1. The first-order valence-corrected chi connectivity index (χ1v) is 5.60. The first-order valence-electron chi connectivity index (χ1n) is 5.15. The van der Waals surface area contributed by atoms with E-state index >= 15 is 0 Å². The van der Waals surface area contributed by atoms with Crippen LogP contribution in [0.4, 0.5) is 4.79 Å². The summed E-state index contributed by atoms with van der Waals surface area (Å²) in [4.78, 5) is 12.4. The highest BCUT2D eigenvalue weighted by Crippen LogP contribution is 2.19. The third-order valence-electron chi connectivity index (χ3n) is 2.78. The van der Waals surface area contributed by atoms with Crippen LogP contribution in [0.25, 0.3) is 0 Å². The van der Waals surface area contributed by atoms with Crippen molar-refractivity contribution in [1.29, 1.82) is 5.41 Å². The van der Waals surface area contributed by atoms with Crippen molar-refractivity contribution in [2.24, 2.45) is 11.7 Å². The van der Waals surface area contributed by atoms with Gasteiger partial charge in [0, 0.05) is 19.6 Å². The van der Waals surface area contributed by atoms with Crippen LogP contribution in [0.15, 0.2) is 0 Å². The molecule has 0 spiro atoms. The first-order chi connectivity index (χ1) is 7.09. The molecule has 0 aliphatic carbocycles. The Bertz CT molecular complexity index is 236. The van der Waals surface area contributed by atoms with Crippen molar-refractivity contribution in [2.75, 3.05) is 19.6 Å². The minimum absolute atomic E-state index is 0.164. The second-order valence-corrected chi connectivity index (χ2v) is 4.24. The maximum absolute atomic E-state index is 10.5. The normalized spacial score (nSPS) is 17.5. The molecule has 5 nitrogen and oxygen atoms in total. The lowest BCUT2D eigenvalue weighted by atomic mass is 9.94. The Morgan fingerprint density at radius 3 is 2.60 bits per heavy atom. The minimum atomic E-state index is -0.267. The van der Waals surface area contributed by atoms with Crippen molar-refractivity contribution in [2.45, 2.75) is 19.3 Å². The van der Waals surface area contributed by atoms with Crippen molar-refractivity contribution in [3.05, 3.63) is 0 Å². The highest BCUT2D eigenvalue weighted by Gasteiger charge is 2.19. The average Bonchev–Trinajstić information content (AvgIpc) is 2.18. The molecular weight excluding hydrogens is 212 g/mol. The number of carbonyl (C=O) groups is 1. The van der Waals surface area contributed by atoms with Crippen LogP contribution in [0, 0.1) is 11.3 Å². The van der Waals surface area contributed by atoms with Gasteiger partial charge >= 0.3 is 0 Å². The van der Waals surface area contributed by atoms with Gasteiger partial charge < -0.3 is 16.0 Å². The summed E-state index contributed by atoms with van der Waals surface area (Å²) in [6, 6.07) is 0. The van der Waals surface area contributed by atoms with Crippen LogP contribution in [0.2, 0.25) is 0 Å². The van der Waals surface area contributed by atoms with Gasteiger partial charge in [-0.15, -0.1) is 0 Å². The number of likely N-dealkylation sites (tertiary alicyclic amines) is 1. The zero-order valence-electron chi connectivity index (χ0n) is 8.70. The fraction of sp³-hybridized carbons (Fsp3) is 0.778. The lowest BCUT2D eigenvalue weighted by Gasteiger charge is -2.32. The number of nitrogens with one attached hydrogen (secondary N) is 2. The Balaban J connectivity index is 2.14. The molecule has 0 aromatic carbocycles. The van der Waals surface area contributed by atoms with Gasteiger partial charge in [-0.2, -0.15) is 0 Å². The van der Waals surface area contributed by atoms with E-state index in [0.29, 0.717) is 12.5 Å².